The quantitative estimate of drug-likeness (QED) is 0.889. The first kappa shape index (κ1) is 18.6. The van der Waals surface area contributed by atoms with Gasteiger partial charge in [-0.1, -0.05) is 24.1 Å². The number of carbonyl (C=O) groups excluding carboxylic acids is 1. The van der Waals surface area contributed by atoms with Gasteiger partial charge in [-0.05, 0) is 57.1 Å². The van der Waals surface area contributed by atoms with E-state index in [2.05, 4.69) is 10.2 Å². The lowest BCUT2D eigenvalue weighted by Crippen LogP contribution is -2.40. The van der Waals surface area contributed by atoms with Crippen LogP contribution in [0.25, 0.3) is 0 Å². The highest BCUT2D eigenvalue weighted by molar-refractivity contribution is 5.94. The molecule has 24 heavy (non-hydrogen) atoms. The molecule has 1 unspecified atom stereocenters. The standard InChI is InChI=1S/C19H24N2O2.ClH/c1-15-7-9-16(10-8-15)19(22)20-14-17(18-6-5-13-23-18)21-11-3-2-4-12-21;/h5-10,13,17H,2-4,11-12,14H2,1H3,(H,20,22);1H. The molecule has 0 spiro atoms. The van der Waals surface area contributed by atoms with Gasteiger partial charge in [0.1, 0.15) is 5.76 Å². The fraction of sp³-hybridized carbons (Fsp3) is 0.421. The van der Waals surface area contributed by atoms with E-state index in [1.807, 2.05) is 43.3 Å². The zero-order valence-electron chi connectivity index (χ0n) is 14.0. The molecule has 4 nitrogen and oxygen atoms in total. The molecular formula is C19H25ClN2O2. The first-order chi connectivity index (χ1) is 11.2. The predicted molar refractivity (Wildman–Crippen MR) is 97.6 cm³/mol. The molecule has 1 aliphatic heterocycles. The van der Waals surface area contributed by atoms with E-state index in [0.29, 0.717) is 12.1 Å². The number of carbonyl (C=O) groups is 1. The Labute approximate surface area is 149 Å². The molecule has 0 saturated carbocycles. The molecule has 0 bridgehead atoms. The van der Waals surface area contributed by atoms with E-state index >= 15 is 0 Å². The Hall–Kier alpha value is -1.78. The van der Waals surface area contributed by atoms with Gasteiger partial charge in [-0.3, -0.25) is 9.69 Å². The lowest BCUT2D eigenvalue weighted by molar-refractivity contribution is 0.0914. The SMILES string of the molecule is Cc1ccc(C(=O)NCC(c2ccco2)N2CCCCC2)cc1.Cl. The Balaban J connectivity index is 0.00000208. The number of benzene rings is 1. The molecule has 1 atom stereocenters. The highest BCUT2D eigenvalue weighted by atomic mass is 35.5. The van der Waals surface area contributed by atoms with Gasteiger partial charge in [0.25, 0.3) is 5.91 Å². The van der Waals surface area contributed by atoms with Crippen LogP contribution in [0.3, 0.4) is 0 Å². The Morgan fingerprint density at radius 3 is 2.50 bits per heavy atom. The molecule has 1 aliphatic rings. The molecule has 3 rings (SSSR count). The third-order valence-corrected chi connectivity index (χ3v) is 4.47. The van der Waals surface area contributed by atoms with Gasteiger partial charge in [0.2, 0.25) is 0 Å². The maximum Gasteiger partial charge on any atom is 0.251 e. The fourth-order valence-corrected chi connectivity index (χ4v) is 3.12. The second-order valence-corrected chi connectivity index (χ2v) is 6.20. The zero-order chi connectivity index (χ0) is 16.1. The van der Waals surface area contributed by atoms with Gasteiger partial charge in [0.15, 0.2) is 0 Å². The molecule has 130 valence electrons. The molecule has 1 N–H and O–H groups in total. The van der Waals surface area contributed by atoms with E-state index in [1.165, 1.54) is 19.3 Å². The molecule has 1 saturated heterocycles. The van der Waals surface area contributed by atoms with Crippen LogP contribution in [0.15, 0.2) is 47.1 Å². The predicted octanol–water partition coefficient (Wildman–Crippen LogP) is 3.97. The summed E-state index contributed by atoms with van der Waals surface area (Å²) in [5, 5.41) is 3.06. The van der Waals surface area contributed by atoms with Crippen molar-refractivity contribution in [1.82, 2.24) is 10.2 Å². The summed E-state index contributed by atoms with van der Waals surface area (Å²) in [5.74, 6) is 0.898. The number of rotatable bonds is 5. The lowest BCUT2D eigenvalue weighted by Gasteiger charge is -2.33. The number of piperidine rings is 1. The number of nitrogens with one attached hydrogen (secondary N) is 1. The molecule has 1 amide bonds. The zero-order valence-corrected chi connectivity index (χ0v) is 14.8. The summed E-state index contributed by atoms with van der Waals surface area (Å²) in [7, 11) is 0. The van der Waals surface area contributed by atoms with Crippen molar-refractivity contribution in [2.75, 3.05) is 19.6 Å². The number of likely N-dealkylation sites (tertiary alicyclic amines) is 1. The molecule has 0 aliphatic carbocycles. The van der Waals surface area contributed by atoms with Crippen molar-refractivity contribution in [3.8, 4) is 0 Å². The van der Waals surface area contributed by atoms with Gasteiger partial charge in [-0.15, -0.1) is 12.4 Å². The van der Waals surface area contributed by atoms with Crippen molar-refractivity contribution in [1.29, 1.82) is 0 Å². The molecule has 5 heteroatoms. The average Bonchev–Trinajstić information content (AvgIpc) is 3.11. The number of aryl methyl sites for hydroxylation is 1. The first-order valence-corrected chi connectivity index (χ1v) is 8.36. The highest BCUT2D eigenvalue weighted by Crippen LogP contribution is 2.24. The number of hydrogen-bond donors (Lipinski definition) is 1. The molecular weight excluding hydrogens is 324 g/mol. The molecule has 1 aromatic carbocycles. The number of hydrogen-bond acceptors (Lipinski definition) is 3. The van der Waals surface area contributed by atoms with Crippen LogP contribution in [0.5, 0.6) is 0 Å². The lowest BCUT2D eigenvalue weighted by atomic mass is 10.1. The van der Waals surface area contributed by atoms with Gasteiger partial charge < -0.3 is 9.73 Å². The maximum absolute atomic E-state index is 12.4. The topological polar surface area (TPSA) is 45.5 Å². The summed E-state index contributed by atoms with van der Waals surface area (Å²) < 4.78 is 5.61. The minimum absolute atomic E-state index is 0. The van der Waals surface area contributed by atoms with Gasteiger partial charge in [-0.2, -0.15) is 0 Å². The molecule has 1 fully saturated rings. The third-order valence-electron chi connectivity index (χ3n) is 4.47. The van der Waals surface area contributed by atoms with E-state index < -0.39 is 0 Å². The van der Waals surface area contributed by atoms with Crippen molar-refractivity contribution < 1.29 is 9.21 Å². The van der Waals surface area contributed by atoms with Gasteiger partial charge in [-0.25, -0.2) is 0 Å². The monoisotopic (exact) mass is 348 g/mol. The van der Waals surface area contributed by atoms with E-state index in [-0.39, 0.29) is 24.4 Å². The molecule has 2 aromatic rings. The average molecular weight is 349 g/mol. The van der Waals surface area contributed by atoms with Crippen LogP contribution in [0.4, 0.5) is 0 Å². The van der Waals surface area contributed by atoms with Crippen LogP contribution in [0.1, 0.15) is 47.0 Å². The number of furan rings is 1. The molecule has 2 heterocycles. The van der Waals surface area contributed by atoms with E-state index in [4.69, 9.17) is 4.42 Å². The minimum Gasteiger partial charge on any atom is -0.468 e. The number of nitrogens with zero attached hydrogens (tertiary/aromatic N) is 1. The van der Waals surface area contributed by atoms with Crippen LogP contribution in [0, 0.1) is 6.92 Å². The van der Waals surface area contributed by atoms with E-state index in [9.17, 15) is 4.79 Å². The summed E-state index contributed by atoms with van der Waals surface area (Å²) >= 11 is 0. The van der Waals surface area contributed by atoms with E-state index in [1.54, 1.807) is 6.26 Å². The fourth-order valence-electron chi connectivity index (χ4n) is 3.12. The van der Waals surface area contributed by atoms with Crippen molar-refractivity contribution >= 4 is 18.3 Å². The number of halogens is 1. The Morgan fingerprint density at radius 1 is 1.17 bits per heavy atom. The van der Waals surface area contributed by atoms with E-state index in [0.717, 1.165) is 24.4 Å². The van der Waals surface area contributed by atoms with Crippen LogP contribution < -0.4 is 5.32 Å². The van der Waals surface area contributed by atoms with Gasteiger partial charge in [0, 0.05) is 12.1 Å². The molecule has 0 radical (unpaired) electrons. The number of amides is 1. The Kier molecular flexibility index (Phi) is 6.88. The highest BCUT2D eigenvalue weighted by Gasteiger charge is 2.25. The van der Waals surface area contributed by atoms with Crippen LogP contribution in [-0.4, -0.2) is 30.4 Å². The van der Waals surface area contributed by atoms with Crippen LogP contribution >= 0.6 is 12.4 Å². The van der Waals surface area contributed by atoms with Gasteiger partial charge in [0.05, 0.1) is 12.3 Å². The summed E-state index contributed by atoms with van der Waals surface area (Å²) in [4.78, 5) is 14.8. The Bertz CT molecular complexity index is 619. The van der Waals surface area contributed by atoms with Crippen molar-refractivity contribution in [2.24, 2.45) is 0 Å². The first-order valence-electron chi connectivity index (χ1n) is 8.36. The summed E-state index contributed by atoms with van der Waals surface area (Å²) in [6.45, 7) is 4.71. The van der Waals surface area contributed by atoms with Crippen LogP contribution in [0.2, 0.25) is 0 Å². The minimum atomic E-state index is -0.0291. The summed E-state index contributed by atoms with van der Waals surface area (Å²) in [6, 6.07) is 11.7. The summed E-state index contributed by atoms with van der Waals surface area (Å²) in [5.41, 5.74) is 1.86. The largest absolute Gasteiger partial charge is 0.468 e. The van der Waals surface area contributed by atoms with Crippen molar-refractivity contribution in [3.63, 3.8) is 0 Å². The maximum atomic E-state index is 12.4. The van der Waals surface area contributed by atoms with Crippen molar-refractivity contribution in [2.45, 2.75) is 32.2 Å². The Morgan fingerprint density at radius 2 is 1.88 bits per heavy atom. The second-order valence-electron chi connectivity index (χ2n) is 6.20. The van der Waals surface area contributed by atoms with Gasteiger partial charge >= 0.3 is 0 Å². The van der Waals surface area contributed by atoms with Crippen LogP contribution in [-0.2, 0) is 0 Å². The normalized spacial score (nSPS) is 16.2. The van der Waals surface area contributed by atoms with Crippen molar-refractivity contribution in [3.05, 3.63) is 59.5 Å². The third kappa shape index (κ3) is 4.62. The summed E-state index contributed by atoms with van der Waals surface area (Å²) in [6.07, 6.45) is 5.41. The molecule has 1 aromatic heterocycles. The smallest absolute Gasteiger partial charge is 0.251 e. The second kappa shape index (κ2) is 8.90.